The Morgan fingerprint density at radius 3 is 2.89 bits per heavy atom. The monoisotopic (exact) mass is 264 g/mol. The van der Waals surface area contributed by atoms with E-state index in [0.29, 0.717) is 0 Å². The summed E-state index contributed by atoms with van der Waals surface area (Å²) in [5.41, 5.74) is 7.04. The summed E-state index contributed by atoms with van der Waals surface area (Å²) in [5.74, 6) is 1.62. The Morgan fingerprint density at radius 2 is 2.26 bits per heavy atom. The van der Waals surface area contributed by atoms with Crippen molar-refractivity contribution in [3.63, 3.8) is 0 Å². The summed E-state index contributed by atoms with van der Waals surface area (Å²) >= 11 is 0. The molecular weight excluding hydrogens is 240 g/mol. The van der Waals surface area contributed by atoms with Gasteiger partial charge in [-0.2, -0.15) is 0 Å². The van der Waals surface area contributed by atoms with E-state index in [-0.39, 0.29) is 12.1 Å². The van der Waals surface area contributed by atoms with Crippen LogP contribution in [0, 0.1) is 0 Å². The van der Waals surface area contributed by atoms with Gasteiger partial charge >= 0.3 is 0 Å². The van der Waals surface area contributed by atoms with Gasteiger partial charge in [-0.15, -0.1) is 0 Å². The van der Waals surface area contributed by atoms with Gasteiger partial charge in [0.05, 0.1) is 7.11 Å². The maximum Gasteiger partial charge on any atom is 0.161 e. The van der Waals surface area contributed by atoms with E-state index in [9.17, 15) is 0 Å². The molecule has 0 amide bonds. The first-order valence-corrected chi connectivity index (χ1v) is 6.99. The van der Waals surface area contributed by atoms with Crippen LogP contribution in [-0.4, -0.2) is 32.3 Å². The summed E-state index contributed by atoms with van der Waals surface area (Å²) in [4.78, 5) is 0. The number of hydrogen-bond donors (Lipinski definition) is 2. The summed E-state index contributed by atoms with van der Waals surface area (Å²) in [6.45, 7) is 4.00. The third-order valence-corrected chi connectivity index (χ3v) is 3.33. The number of ether oxygens (including phenoxy) is 2. The molecule has 0 saturated carbocycles. The SMILES string of the molecule is COc1ccc(CC(C)N)cc1OC1CCCNC1. The lowest BCUT2D eigenvalue weighted by molar-refractivity contribution is 0.161. The minimum absolute atomic E-state index is 0.151. The Labute approximate surface area is 115 Å². The van der Waals surface area contributed by atoms with E-state index in [4.69, 9.17) is 15.2 Å². The van der Waals surface area contributed by atoms with Crippen molar-refractivity contribution >= 4 is 0 Å². The number of nitrogens with two attached hydrogens (primary N) is 1. The number of rotatable bonds is 5. The maximum atomic E-state index is 6.07. The molecule has 1 fully saturated rings. The predicted molar refractivity (Wildman–Crippen MR) is 76.9 cm³/mol. The van der Waals surface area contributed by atoms with Gasteiger partial charge in [0.1, 0.15) is 6.10 Å². The molecule has 1 heterocycles. The van der Waals surface area contributed by atoms with Gasteiger partial charge in [0.25, 0.3) is 0 Å². The Balaban J connectivity index is 2.10. The molecule has 1 aliphatic heterocycles. The van der Waals surface area contributed by atoms with Crippen LogP contribution in [0.25, 0.3) is 0 Å². The zero-order chi connectivity index (χ0) is 13.7. The summed E-state index contributed by atoms with van der Waals surface area (Å²) < 4.78 is 11.4. The highest BCUT2D eigenvalue weighted by Gasteiger charge is 2.17. The molecule has 0 bridgehead atoms. The van der Waals surface area contributed by atoms with Crippen LogP contribution in [0.3, 0.4) is 0 Å². The molecule has 3 N–H and O–H groups in total. The second-order valence-electron chi connectivity index (χ2n) is 5.25. The molecule has 2 rings (SSSR count). The number of piperidine rings is 1. The summed E-state index contributed by atoms with van der Waals surface area (Å²) in [6.07, 6.45) is 3.33. The van der Waals surface area contributed by atoms with Crippen LogP contribution in [0.15, 0.2) is 18.2 Å². The van der Waals surface area contributed by atoms with Crippen molar-refractivity contribution in [2.75, 3.05) is 20.2 Å². The molecule has 1 aromatic rings. The summed E-state index contributed by atoms with van der Waals surface area (Å²) in [5, 5.41) is 3.35. The molecule has 0 aliphatic carbocycles. The second kappa shape index (κ2) is 6.78. The molecule has 19 heavy (non-hydrogen) atoms. The van der Waals surface area contributed by atoms with Gasteiger partial charge < -0.3 is 20.5 Å². The first kappa shape index (κ1) is 14.2. The van der Waals surface area contributed by atoms with Crippen LogP contribution in [0.4, 0.5) is 0 Å². The maximum absolute atomic E-state index is 6.07. The van der Waals surface area contributed by atoms with Crippen molar-refractivity contribution < 1.29 is 9.47 Å². The predicted octanol–water partition coefficient (Wildman–Crippen LogP) is 1.72. The van der Waals surface area contributed by atoms with Crippen LogP contribution in [0.2, 0.25) is 0 Å². The first-order chi connectivity index (χ1) is 9.19. The van der Waals surface area contributed by atoms with Crippen molar-refractivity contribution in [1.29, 1.82) is 0 Å². The largest absolute Gasteiger partial charge is 0.493 e. The van der Waals surface area contributed by atoms with Crippen molar-refractivity contribution in [3.8, 4) is 11.5 Å². The van der Waals surface area contributed by atoms with E-state index in [2.05, 4.69) is 11.4 Å². The van der Waals surface area contributed by atoms with Crippen LogP contribution < -0.4 is 20.5 Å². The van der Waals surface area contributed by atoms with E-state index in [1.54, 1.807) is 7.11 Å². The molecule has 106 valence electrons. The topological polar surface area (TPSA) is 56.5 Å². The van der Waals surface area contributed by atoms with Gasteiger partial charge in [-0.05, 0) is 50.4 Å². The van der Waals surface area contributed by atoms with E-state index in [0.717, 1.165) is 43.9 Å². The highest BCUT2D eigenvalue weighted by molar-refractivity contribution is 5.43. The first-order valence-electron chi connectivity index (χ1n) is 6.99. The molecule has 4 nitrogen and oxygen atoms in total. The van der Waals surface area contributed by atoms with Crippen LogP contribution in [0.5, 0.6) is 11.5 Å². The molecule has 2 atom stereocenters. The Morgan fingerprint density at radius 1 is 1.42 bits per heavy atom. The number of benzene rings is 1. The van der Waals surface area contributed by atoms with Crippen LogP contribution in [0.1, 0.15) is 25.3 Å². The molecule has 2 unspecified atom stereocenters. The fourth-order valence-corrected chi connectivity index (χ4v) is 2.41. The van der Waals surface area contributed by atoms with Crippen molar-refractivity contribution in [2.45, 2.75) is 38.3 Å². The van der Waals surface area contributed by atoms with Crippen molar-refractivity contribution in [2.24, 2.45) is 5.73 Å². The summed E-state index contributed by atoms with van der Waals surface area (Å²) in [6, 6.07) is 6.21. The number of nitrogens with one attached hydrogen (secondary N) is 1. The minimum Gasteiger partial charge on any atom is -0.493 e. The van der Waals surface area contributed by atoms with Gasteiger partial charge in [0.2, 0.25) is 0 Å². The fraction of sp³-hybridized carbons (Fsp3) is 0.600. The van der Waals surface area contributed by atoms with E-state index in [1.165, 1.54) is 5.56 Å². The smallest absolute Gasteiger partial charge is 0.161 e. The standard InChI is InChI=1S/C15H24N2O2/c1-11(16)8-12-5-6-14(18-2)15(9-12)19-13-4-3-7-17-10-13/h5-6,9,11,13,17H,3-4,7-8,10,16H2,1-2H3. The van der Waals surface area contributed by atoms with Gasteiger partial charge in [0, 0.05) is 12.6 Å². The van der Waals surface area contributed by atoms with Crippen LogP contribution in [-0.2, 0) is 6.42 Å². The molecule has 1 aromatic carbocycles. The third-order valence-electron chi connectivity index (χ3n) is 3.33. The quantitative estimate of drug-likeness (QED) is 0.850. The molecular formula is C15H24N2O2. The lowest BCUT2D eigenvalue weighted by Crippen LogP contribution is -2.37. The van der Waals surface area contributed by atoms with E-state index in [1.807, 2.05) is 19.1 Å². The molecule has 1 saturated heterocycles. The highest BCUT2D eigenvalue weighted by atomic mass is 16.5. The lowest BCUT2D eigenvalue weighted by Gasteiger charge is -2.25. The van der Waals surface area contributed by atoms with Gasteiger partial charge in [0.15, 0.2) is 11.5 Å². The second-order valence-corrected chi connectivity index (χ2v) is 5.25. The van der Waals surface area contributed by atoms with Gasteiger partial charge in [-0.25, -0.2) is 0 Å². The molecule has 0 radical (unpaired) electrons. The zero-order valence-corrected chi connectivity index (χ0v) is 11.8. The Bertz CT molecular complexity index is 401. The highest BCUT2D eigenvalue weighted by Crippen LogP contribution is 2.30. The van der Waals surface area contributed by atoms with Crippen LogP contribution >= 0.6 is 0 Å². The van der Waals surface area contributed by atoms with Crippen molar-refractivity contribution in [1.82, 2.24) is 5.32 Å². The van der Waals surface area contributed by atoms with E-state index < -0.39 is 0 Å². The van der Waals surface area contributed by atoms with Crippen molar-refractivity contribution in [3.05, 3.63) is 23.8 Å². The normalized spacial score (nSPS) is 20.9. The third kappa shape index (κ3) is 4.11. The van der Waals surface area contributed by atoms with E-state index >= 15 is 0 Å². The number of hydrogen-bond acceptors (Lipinski definition) is 4. The average molecular weight is 264 g/mol. The molecule has 4 heteroatoms. The summed E-state index contributed by atoms with van der Waals surface area (Å²) in [7, 11) is 1.67. The molecule has 0 aromatic heterocycles. The minimum atomic E-state index is 0.151. The number of methoxy groups -OCH3 is 1. The lowest BCUT2D eigenvalue weighted by atomic mass is 10.1. The Hall–Kier alpha value is -1.26. The fourth-order valence-electron chi connectivity index (χ4n) is 2.41. The zero-order valence-electron chi connectivity index (χ0n) is 11.8. The molecule has 1 aliphatic rings. The van der Waals surface area contributed by atoms with Gasteiger partial charge in [-0.3, -0.25) is 0 Å². The Kier molecular flexibility index (Phi) is 5.05. The molecule has 0 spiro atoms. The van der Waals surface area contributed by atoms with Gasteiger partial charge in [-0.1, -0.05) is 6.07 Å². The average Bonchev–Trinajstić information content (AvgIpc) is 2.39.